The van der Waals surface area contributed by atoms with E-state index in [1.54, 1.807) is 7.11 Å². The van der Waals surface area contributed by atoms with Crippen LogP contribution in [0.2, 0.25) is 0 Å². The first-order chi connectivity index (χ1) is 10.1. The Morgan fingerprint density at radius 2 is 1.76 bits per heavy atom. The Kier molecular flexibility index (Phi) is 3.56. The normalized spacial score (nSPS) is 14.2. The number of methoxy groups -OCH3 is 1. The van der Waals surface area contributed by atoms with Crippen molar-refractivity contribution in [1.82, 2.24) is 4.98 Å². The van der Waals surface area contributed by atoms with Crippen molar-refractivity contribution in [2.75, 3.05) is 13.7 Å². The molecular weight excluding hydrogens is 258 g/mol. The molecule has 0 spiro atoms. The number of nitrogens with one attached hydrogen (secondary N) is 1. The van der Waals surface area contributed by atoms with Crippen molar-refractivity contribution < 1.29 is 4.74 Å². The Balaban J connectivity index is 2.18. The maximum absolute atomic E-state index is 5.55. The molecule has 3 rings (SSSR count). The van der Waals surface area contributed by atoms with E-state index in [4.69, 9.17) is 4.74 Å². The second kappa shape index (κ2) is 5.38. The first-order valence-corrected chi connectivity index (χ1v) is 7.28. The van der Waals surface area contributed by atoms with Crippen LogP contribution in [0.3, 0.4) is 0 Å². The number of aromatic amines is 1. The van der Waals surface area contributed by atoms with Gasteiger partial charge in [-0.15, -0.1) is 0 Å². The summed E-state index contributed by atoms with van der Waals surface area (Å²) >= 11 is 0. The summed E-state index contributed by atoms with van der Waals surface area (Å²) in [4.78, 5) is 3.38. The summed E-state index contributed by atoms with van der Waals surface area (Å²) in [7, 11) is 1.77. The van der Waals surface area contributed by atoms with Crippen LogP contribution in [0, 0.1) is 6.92 Å². The molecule has 0 saturated heterocycles. The van der Waals surface area contributed by atoms with E-state index in [-0.39, 0.29) is 5.41 Å². The van der Waals surface area contributed by atoms with Crippen LogP contribution in [0.15, 0.2) is 54.7 Å². The summed E-state index contributed by atoms with van der Waals surface area (Å²) in [6.45, 7) is 5.01. The zero-order chi connectivity index (χ0) is 14.9. The molecule has 2 nitrogen and oxygen atoms in total. The number of aromatic nitrogens is 1. The number of aryl methyl sites for hydroxylation is 1. The number of fused-ring (bicyclic) bond motifs is 1. The molecule has 2 heteroatoms. The summed E-state index contributed by atoms with van der Waals surface area (Å²) in [5, 5.41) is 1.26. The van der Waals surface area contributed by atoms with E-state index in [2.05, 4.69) is 73.6 Å². The largest absolute Gasteiger partial charge is 0.383 e. The molecule has 2 aromatic carbocycles. The molecule has 0 aliphatic carbocycles. The summed E-state index contributed by atoms with van der Waals surface area (Å²) < 4.78 is 5.55. The average Bonchev–Trinajstić information content (AvgIpc) is 2.92. The van der Waals surface area contributed by atoms with Crippen LogP contribution in [-0.4, -0.2) is 18.7 Å². The fourth-order valence-corrected chi connectivity index (χ4v) is 3.05. The molecule has 1 heterocycles. The van der Waals surface area contributed by atoms with Gasteiger partial charge in [0, 0.05) is 29.6 Å². The fourth-order valence-electron chi connectivity index (χ4n) is 3.05. The molecule has 3 aromatic rings. The van der Waals surface area contributed by atoms with Gasteiger partial charge in [-0.3, -0.25) is 0 Å². The molecule has 1 aromatic heterocycles. The fraction of sp³-hybridized carbons (Fsp3) is 0.263. The number of ether oxygens (including phenoxy) is 1. The quantitative estimate of drug-likeness (QED) is 0.751. The predicted molar refractivity (Wildman–Crippen MR) is 87.8 cm³/mol. The lowest BCUT2D eigenvalue weighted by Gasteiger charge is -2.29. The van der Waals surface area contributed by atoms with Crippen LogP contribution in [0.5, 0.6) is 0 Å². The third kappa shape index (κ3) is 2.36. The number of hydrogen-bond donors (Lipinski definition) is 1. The van der Waals surface area contributed by atoms with Crippen LogP contribution in [0.25, 0.3) is 10.9 Å². The molecule has 21 heavy (non-hydrogen) atoms. The van der Waals surface area contributed by atoms with E-state index in [9.17, 15) is 0 Å². The third-order valence-corrected chi connectivity index (χ3v) is 4.31. The minimum Gasteiger partial charge on any atom is -0.383 e. The monoisotopic (exact) mass is 279 g/mol. The maximum atomic E-state index is 5.55. The van der Waals surface area contributed by atoms with Crippen LogP contribution in [0.1, 0.15) is 23.6 Å². The van der Waals surface area contributed by atoms with Crippen molar-refractivity contribution in [2.24, 2.45) is 0 Å². The first-order valence-electron chi connectivity index (χ1n) is 7.28. The number of rotatable bonds is 4. The topological polar surface area (TPSA) is 25.0 Å². The van der Waals surface area contributed by atoms with Crippen molar-refractivity contribution in [3.8, 4) is 0 Å². The second-order valence-electron chi connectivity index (χ2n) is 5.88. The SMILES string of the molecule is COCC(C)(c1ccc(C)cc1)c1c[nH]c2ccccc12. The molecule has 0 fully saturated rings. The second-order valence-corrected chi connectivity index (χ2v) is 5.88. The van der Waals surface area contributed by atoms with E-state index in [0.29, 0.717) is 6.61 Å². The van der Waals surface area contributed by atoms with Gasteiger partial charge in [0.1, 0.15) is 0 Å². The Hall–Kier alpha value is -2.06. The minimum atomic E-state index is -0.165. The highest BCUT2D eigenvalue weighted by molar-refractivity contribution is 5.84. The Bertz CT molecular complexity index is 742. The number of para-hydroxylation sites is 1. The Labute approximate surface area is 125 Å². The van der Waals surface area contributed by atoms with Gasteiger partial charge in [-0.1, -0.05) is 48.0 Å². The molecule has 0 aliphatic heterocycles. The van der Waals surface area contributed by atoms with E-state index < -0.39 is 0 Å². The summed E-state index contributed by atoms with van der Waals surface area (Å²) in [5.74, 6) is 0. The van der Waals surface area contributed by atoms with Crippen LogP contribution in [0.4, 0.5) is 0 Å². The van der Waals surface area contributed by atoms with Gasteiger partial charge in [0.25, 0.3) is 0 Å². The third-order valence-electron chi connectivity index (χ3n) is 4.31. The molecule has 0 aliphatic rings. The molecule has 1 unspecified atom stereocenters. The van der Waals surface area contributed by atoms with Crippen LogP contribution >= 0.6 is 0 Å². The van der Waals surface area contributed by atoms with E-state index in [0.717, 1.165) is 0 Å². The highest BCUT2D eigenvalue weighted by Gasteiger charge is 2.31. The van der Waals surface area contributed by atoms with Gasteiger partial charge < -0.3 is 9.72 Å². The summed E-state index contributed by atoms with van der Waals surface area (Å²) in [6, 6.07) is 17.2. The highest BCUT2D eigenvalue weighted by Crippen LogP contribution is 2.36. The number of hydrogen-bond acceptors (Lipinski definition) is 1. The zero-order valence-electron chi connectivity index (χ0n) is 12.8. The minimum absolute atomic E-state index is 0.165. The molecule has 1 N–H and O–H groups in total. The van der Waals surface area contributed by atoms with Gasteiger partial charge >= 0.3 is 0 Å². The summed E-state index contributed by atoms with van der Waals surface area (Å²) in [5.41, 5.74) is 4.84. The molecule has 1 atom stereocenters. The van der Waals surface area contributed by atoms with Crippen molar-refractivity contribution in [3.05, 3.63) is 71.4 Å². The molecule has 108 valence electrons. The van der Waals surface area contributed by atoms with Gasteiger partial charge in [0.15, 0.2) is 0 Å². The zero-order valence-corrected chi connectivity index (χ0v) is 12.8. The number of benzene rings is 2. The molecular formula is C19H21NO. The van der Waals surface area contributed by atoms with Crippen molar-refractivity contribution in [1.29, 1.82) is 0 Å². The highest BCUT2D eigenvalue weighted by atomic mass is 16.5. The molecule has 0 bridgehead atoms. The average molecular weight is 279 g/mol. The Morgan fingerprint density at radius 1 is 1.05 bits per heavy atom. The van der Waals surface area contributed by atoms with Gasteiger partial charge in [-0.05, 0) is 31.0 Å². The lowest BCUT2D eigenvalue weighted by Crippen LogP contribution is -2.29. The van der Waals surface area contributed by atoms with E-state index in [1.165, 1.54) is 27.6 Å². The lowest BCUT2D eigenvalue weighted by atomic mass is 9.76. The van der Waals surface area contributed by atoms with Gasteiger partial charge in [-0.25, -0.2) is 0 Å². The predicted octanol–water partition coefficient (Wildman–Crippen LogP) is 4.43. The van der Waals surface area contributed by atoms with Gasteiger partial charge in [0.2, 0.25) is 0 Å². The van der Waals surface area contributed by atoms with Crippen molar-refractivity contribution in [2.45, 2.75) is 19.3 Å². The molecule has 0 saturated carbocycles. The van der Waals surface area contributed by atoms with Gasteiger partial charge in [-0.2, -0.15) is 0 Å². The van der Waals surface area contributed by atoms with Crippen molar-refractivity contribution in [3.63, 3.8) is 0 Å². The van der Waals surface area contributed by atoms with Crippen molar-refractivity contribution >= 4 is 10.9 Å². The maximum Gasteiger partial charge on any atom is 0.0598 e. The Morgan fingerprint density at radius 3 is 2.48 bits per heavy atom. The van der Waals surface area contributed by atoms with Gasteiger partial charge in [0.05, 0.1) is 6.61 Å². The number of H-pyrrole nitrogens is 1. The lowest BCUT2D eigenvalue weighted by molar-refractivity contribution is 0.156. The summed E-state index contributed by atoms with van der Waals surface area (Å²) in [6.07, 6.45) is 2.11. The standard InChI is InChI=1S/C19H21NO/c1-14-8-10-15(11-9-14)19(2,13-21-3)17-12-20-18-7-5-4-6-16(17)18/h4-12,20H,13H2,1-3H3. The first kappa shape index (κ1) is 13.9. The van der Waals surface area contributed by atoms with Crippen LogP contribution in [-0.2, 0) is 10.2 Å². The molecule has 0 amide bonds. The van der Waals surface area contributed by atoms with E-state index >= 15 is 0 Å². The molecule has 0 radical (unpaired) electrons. The smallest absolute Gasteiger partial charge is 0.0598 e. The van der Waals surface area contributed by atoms with Crippen LogP contribution < -0.4 is 0 Å². The van der Waals surface area contributed by atoms with E-state index in [1.807, 2.05) is 0 Å².